The first-order valence-corrected chi connectivity index (χ1v) is 5.63. The zero-order valence-electron chi connectivity index (χ0n) is 7.76. The molecule has 1 fully saturated rings. The van der Waals surface area contributed by atoms with E-state index in [-0.39, 0.29) is 11.3 Å². The molecule has 0 bridgehead atoms. The Morgan fingerprint density at radius 1 is 1.71 bits per heavy atom. The molecule has 1 aromatic heterocycles. The molecule has 2 rings (SSSR count). The highest BCUT2D eigenvalue weighted by Gasteiger charge is 2.39. The molecule has 0 atom stereocenters. The van der Waals surface area contributed by atoms with Gasteiger partial charge in [0.25, 0.3) is 0 Å². The van der Waals surface area contributed by atoms with Crippen LogP contribution in [0, 0.1) is 5.41 Å². The summed E-state index contributed by atoms with van der Waals surface area (Å²) in [5, 5.41) is 7.78. The fraction of sp³-hybridized carbons (Fsp3) is 0.444. The minimum Gasteiger partial charge on any atom is -0.324 e. The lowest BCUT2D eigenvalue weighted by atomic mass is 9.83. The quantitative estimate of drug-likeness (QED) is 0.816. The van der Waals surface area contributed by atoms with Crippen molar-refractivity contribution in [3.05, 3.63) is 15.8 Å². The Balaban J connectivity index is 2.05. The topological polar surface area (TPSA) is 41.1 Å². The number of nitrogens with one attached hydrogen (secondary N) is 2. The van der Waals surface area contributed by atoms with Crippen LogP contribution in [-0.4, -0.2) is 19.0 Å². The van der Waals surface area contributed by atoms with Gasteiger partial charge in [-0.3, -0.25) is 4.79 Å². The van der Waals surface area contributed by atoms with E-state index in [1.807, 2.05) is 18.4 Å². The molecule has 1 aliphatic rings. The molecule has 5 heteroatoms. The highest BCUT2D eigenvalue weighted by atomic mass is 35.5. The molecular formula is C9H11ClN2OS. The van der Waals surface area contributed by atoms with Crippen LogP contribution in [0.3, 0.4) is 0 Å². The molecule has 2 N–H and O–H groups in total. The van der Waals surface area contributed by atoms with Crippen molar-refractivity contribution < 1.29 is 4.79 Å². The van der Waals surface area contributed by atoms with E-state index in [0.717, 1.165) is 18.8 Å². The first kappa shape index (κ1) is 9.96. The van der Waals surface area contributed by atoms with Crippen LogP contribution in [0.4, 0.5) is 5.69 Å². The summed E-state index contributed by atoms with van der Waals surface area (Å²) in [6, 6.07) is 1.82. The van der Waals surface area contributed by atoms with Crippen molar-refractivity contribution in [1.82, 2.24) is 5.32 Å². The molecule has 3 nitrogen and oxygen atoms in total. The SMILES string of the molecule is CC1(C(=O)Nc2ccsc2Cl)CNC1. The van der Waals surface area contributed by atoms with Crippen LogP contribution in [0.2, 0.25) is 4.34 Å². The maximum Gasteiger partial charge on any atom is 0.232 e. The summed E-state index contributed by atoms with van der Waals surface area (Å²) >= 11 is 7.30. The van der Waals surface area contributed by atoms with Crippen molar-refractivity contribution in [2.24, 2.45) is 5.41 Å². The Morgan fingerprint density at radius 2 is 2.43 bits per heavy atom. The van der Waals surface area contributed by atoms with Gasteiger partial charge in [0, 0.05) is 13.1 Å². The van der Waals surface area contributed by atoms with Crippen LogP contribution < -0.4 is 10.6 Å². The average Bonchev–Trinajstić information content (AvgIpc) is 2.48. The van der Waals surface area contributed by atoms with Crippen molar-refractivity contribution in [3.8, 4) is 0 Å². The smallest absolute Gasteiger partial charge is 0.232 e. The predicted molar refractivity (Wildman–Crippen MR) is 58.9 cm³/mol. The molecule has 0 unspecified atom stereocenters. The minimum absolute atomic E-state index is 0.0385. The van der Waals surface area contributed by atoms with Gasteiger partial charge in [-0.15, -0.1) is 11.3 Å². The average molecular weight is 231 g/mol. The summed E-state index contributed by atoms with van der Waals surface area (Å²) in [5.74, 6) is 0.0385. The van der Waals surface area contributed by atoms with Gasteiger partial charge in [0.1, 0.15) is 4.34 Å². The van der Waals surface area contributed by atoms with Crippen molar-refractivity contribution in [2.45, 2.75) is 6.92 Å². The molecule has 0 radical (unpaired) electrons. The van der Waals surface area contributed by atoms with Gasteiger partial charge in [-0.2, -0.15) is 0 Å². The van der Waals surface area contributed by atoms with E-state index < -0.39 is 0 Å². The van der Waals surface area contributed by atoms with Gasteiger partial charge < -0.3 is 10.6 Å². The van der Waals surface area contributed by atoms with Crippen LogP contribution in [-0.2, 0) is 4.79 Å². The second-order valence-electron chi connectivity index (χ2n) is 3.73. The van der Waals surface area contributed by atoms with Gasteiger partial charge in [-0.25, -0.2) is 0 Å². The van der Waals surface area contributed by atoms with Crippen LogP contribution in [0.5, 0.6) is 0 Å². The normalized spacial score (nSPS) is 18.7. The second kappa shape index (κ2) is 3.53. The maximum atomic E-state index is 11.8. The second-order valence-corrected chi connectivity index (χ2v) is 5.24. The Kier molecular flexibility index (Phi) is 2.51. The monoisotopic (exact) mass is 230 g/mol. The van der Waals surface area contributed by atoms with Gasteiger partial charge in [-0.1, -0.05) is 11.6 Å². The molecular weight excluding hydrogens is 220 g/mol. The number of halogens is 1. The number of anilines is 1. The van der Waals surface area contributed by atoms with E-state index in [0.29, 0.717) is 4.34 Å². The van der Waals surface area contributed by atoms with Gasteiger partial charge in [0.05, 0.1) is 11.1 Å². The lowest BCUT2D eigenvalue weighted by Gasteiger charge is -2.37. The van der Waals surface area contributed by atoms with E-state index >= 15 is 0 Å². The van der Waals surface area contributed by atoms with Crippen molar-refractivity contribution in [2.75, 3.05) is 18.4 Å². The Morgan fingerprint density at radius 3 is 2.86 bits per heavy atom. The number of carbonyl (C=O) groups excluding carboxylic acids is 1. The van der Waals surface area contributed by atoms with Gasteiger partial charge >= 0.3 is 0 Å². The molecule has 1 saturated heterocycles. The molecule has 0 saturated carbocycles. The molecule has 1 aromatic rings. The number of rotatable bonds is 2. The molecule has 76 valence electrons. The fourth-order valence-corrected chi connectivity index (χ4v) is 2.15. The van der Waals surface area contributed by atoms with Crippen molar-refractivity contribution >= 4 is 34.5 Å². The first-order chi connectivity index (χ1) is 6.62. The number of hydrogen-bond acceptors (Lipinski definition) is 3. The summed E-state index contributed by atoms with van der Waals surface area (Å²) in [4.78, 5) is 11.8. The lowest BCUT2D eigenvalue weighted by Crippen LogP contribution is -2.57. The standard InChI is InChI=1S/C9H11ClN2OS/c1-9(4-11-5-9)8(13)12-6-2-3-14-7(6)10/h2-3,11H,4-5H2,1H3,(H,12,13). The number of carbonyl (C=O) groups is 1. The molecule has 1 amide bonds. The number of hydrogen-bond donors (Lipinski definition) is 2. The first-order valence-electron chi connectivity index (χ1n) is 4.37. The molecule has 1 aliphatic heterocycles. The van der Waals surface area contributed by atoms with Crippen LogP contribution >= 0.6 is 22.9 Å². The van der Waals surface area contributed by atoms with E-state index in [2.05, 4.69) is 10.6 Å². The molecule has 0 aromatic carbocycles. The van der Waals surface area contributed by atoms with E-state index in [9.17, 15) is 4.79 Å². The maximum absolute atomic E-state index is 11.8. The molecule has 14 heavy (non-hydrogen) atoms. The summed E-state index contributed by atoms with van der Waals surface area (Å²) in [5.41, 5.74) is 0.445. The summed E-state index contributed by atoms with van der Waals surface area (Å²) in [7, 11) is 0. The van der Waals surface area contributed by atoms with E-state index in [1.165, 1.54) is 11.3 Å². The highest BCUT2D eigenvalue weighted by molar-refractivity contribution is 7.15. The van der Waals surface area contributed by atoms with Crippen molar-refractivity contribution in [3.63, 3.8) is 0 Å². The van der Waals surface area contributed by atoms with Crippen LogP contribution in [0.15, 0.2) is 11.4 Å². The molecule has 2 heterocycles. The summed E-state index contributed by atoms with van der Waals surface area (Å²) in [6.45, 7) is 3.42. The number of thiophene rings is 1. The molecule has 0 spiro atoms. The largest absolute Gasteiger partial charge is 0.324 e. The summed E-state index contributed by atoms with van der Waals surface area (Å²) < 4.78 is 0.634. The Hall–Kier alpha value is -0.580. The van der Waals surface area contributed by atoms with Gasteiger partial charge in [0.2, 0.25) is 5.91 Å². The fourth-order valence-electron chi connectivity index (χ4n) is 1.32. The van der Waals surface area contributed by atoms with Crippen molar-refractivity contribution in [1.29, 1.82) is 0 Å². The third-order valence-electron chi connectivity index (χ3n) is 2.44. The molecule has 0 aliphatic carbocycles. The van der Waals surface area contributed by atoms with Crippen LogP contribution in [0.25, 0.3) is 0 Å². The Labute approximate surface area is 91.5 Å². The van der Waals surface area contributed by atoms with Gasteiger partial charge in [0.15, 0.2) is 0 Å². The predicted octanol–water partition coefficient (Wildman–Crippen LogP) is 1.95. The van der Waals surface area contributed by atoms with Crippen LogP contribution in [0.1, 0.15) is 6.92 Å². The highest BCUT2D eigenvalue weighted by Crippen LogP contribution is 2.30. The third kappa shape index (κ3) is 1.65. The summed E-state index contributed by atoms with van der Waals surface area (Å²) in [6.07, 6.45) is 0. The van der Waals surface area contributed by atoms with E-state index in [4.69, 9.17) is 11.6 Å². The third-order valence-corrected chi connectivity index (χ3v) is 3.61. The number of amides is 1. The zero-order chi connectivity index (χ0) is 10.2. The minimum atomic E-state index is -0.273. The Bertz CT molecular complexity index is 359. The van der Waals surface area contributed by atoms with Gasteiger partial charge in [-0.05, 0) is 18.4 Å². The zero-order valence-corrected chi connectivity index (χ0v) is 9.34. The van der Waals surface area contributed by atoms with E-state index in [1.54, 1.807) is 0 Å². The lowest BCUT2D eigenvalue weighted by molar-refractivity contribution is -0.127.